The second kappa shape index (κ2) is 8.69. The third kappa shape index (κ3) is 4.41. The number of carbonyl (C=O) groups is 1. The van der Waals surface area contributed by atoms with Crippen molar-refractivity contribution in [1.29, 1.82) is 0 Å². The Kier molecular flexibility index (Phi) is 5.83. The van der Waals surface area contributed by atoms with Crippen molar-refractivity contribution in [2.45, 2.75) is 36.3 Å². The molecule has 0 bridgehead atoms. The van der Waals surface area contributed by atoms with Crippen molar-refractivity contribution >= 4 is 38.7 Å². The summed E-state index contributed by atoms with van der Waals surface area (Å²) in [7, 11) is -3.86. The minimum atomic E-state index is -3.86. The minimum absolute atomic E-state index is 0.0397. The maximum Gasteiger partial charge on any atom is 0.335 e. The topological polar surface area (TPSA) is 97.5 Å². The monoisotopic (exact) mass is 513 g/mol. The third-order valence-corrected chi connectivity index (χ3v) is 8.94. The van der Waals surface area contributed by atoms with E-state index in [1.807, 2.05) is 24.3 Å². The number of rotatable bonds is 7. The molecule has 2 aromatic heterocycles. The quantitative estimate of drug-likeness (QED) is 0.299. The highest BCUT2D eigenvalue weighted by Crippen LogP contribution is 2.44. The van der Waals surface area contributed by atoms with E-state index < -0.39 is 15.8 Å². The Hall–Kier alpha value is -2.94. The van der Waals surface area contributed by atoms with E-state index >= 15 is 0 Å². The molecule has 1 fully saturated rings. The maximum atomic E-state index is 13.7. The molecular weight excluding hydrogens is 494 g/mol. The molecule has 1 aliphatic rings. The molecule has 174 valence electrons. The molecule has 0 saturated heterocycles. The number of carboxylic acids is 1. The minimum Gasteiger partial charge on any atom is -0.478 e. The van der Waals surface area contributed by atoms with E-state index in [2.05, 4.69) is 5.16 Å². The molecule has 0 amide bonds. The normalized spacial score (nSPS) is 13.8. The van der Waals surface area contributed by atoms with Gasteiger partial charge in [-0.05, 0) is 78.3 Å². The Bertz CT molecular complexity index is 1520. The number of hydrogen-bond donors (Lipinski definition) is 1. The van der Waals surface area contributed by atoms with Crippen molar-refractivity contribution < 1.29 is 22.8 Å². The van der Waals surface area contributed by atoms with Gasteiger partial charge in [0.15, 0.2) is 9.84 Å². The van der Waals surface area contributed by atoms with E-state index in [-0.39, 0.29) is 22.1 Å². The van der Waals surface area contributed by atoms with Gasteiger partial charge in [-0.2, -0.15) is 0 Å². The standard InChI is InChI=1S/C25H20ClNO5S2/c1-14-21(12-27-32-14)16-4-6-19(22-8-9-24(26)33-22)18(10-16)13-34(30,31)23-11-17(25(28)29)5-7-20(23)15-2-3-15/h4-12,15H,2-3,13H2,1H3,(H,28,29). The van der Waals surface area contributed by atoms with Gasteiger partial charge in [-0.1, -0.05) is 35.0 Å². The second-order valence-corrected chi connectivity index (χ2v) is 12.0. The highest BCUT2D eigenvalue weighted by Gasteiger charge is 2.32. The number of thiophene rings is 1. The highest BCUT2D eigenvalue weighted by molar-refractivity contribution is 7.90. The van der Waals surface area contributed by atoms with Crippen molar-refractivity contribution in [3.63, 3.8) is 0 Å². The molecule has 5 rings (SSSR count). The van der Waals surface area contributed by atoms with Gasteiger partial charge in [-0.25, -0.2) is 13.2 Å². The Labute approximate surface area is 205 Å². The van der Waals surface area contributed by atoms with E-state index in [1.54, 1.807) is 25.3 Å². The molecule has 34 heavy (non-hydrogen) atoms. The number of sulfone groups is 1. The van der Waals surface area contributed by atoms with Gasteiger partial charge in [0.2, 0.25) is 0 Å². The Balaban J connectivity index is 1.64. The first-order valence-corrected chi connectivity index (χ1v) is 13.5. The molecule has 0 aliphatic heterocycles. The lowest BCUT2D eigenvalue weighted by Crippen LogP contribution is -2.10. The second-order valence-electron chi connectivity index (χ2n) is 8.36. The van der Waals surface area contributed by atoms with Crippen molar-refractivity contribution in [1.82, 2.24) is 5.16 Å². The number of carboxylic acid groups (broad SMARTS) is 1. The van der Waals surface area contributed by atoms with Gasteiger partial charge in [0.05, 0.1) is 26.7 Å². The van der Waals surface area contributed by atoms with Gasteiger partial charge < -0.3 is 9.63 Å². The lowest BCUT2D eigenvalue weighted by molar-refractivity contribution is 0.0696. The van der Waals surface area contributed by atoms with Crippen LogP contribution >= 0.6 is 22.9 Å². The van der Waals surface area contributed by atoms with Crippen molar-refractivity contribution in [3.8, 4) is 21.6 Å². The van der Waals surface area contributed by atoms with Crippen LogP contribution in [-0.4, -0.2) is 24.7 Å². The van der Waals surface area contributed by atoms with E-state index in [0.29, 0.717) is 21.2 Å². The average Bonchev–Trinajstić information content (AvgIpc) is 3.42. The lowest BCUT2D eigenvalue weighted by atomic mass is 10.00. The number of aryl methyl sites for hydroxylation is 1. The van der Waals surface area contributed by atoms with Crippen molar-refractivity contribution in [2.75, 3.05) is 0 Å². The average molecular weight is 514 g/mol. The summed E-state index contributed by atoms with van der Waals surface area (Å²) in [5.41, 5.74) is 3.58. The number of benzene rings is 2. The summed E-state index contributed by atoms with van der Waals surface area (Å²) in [5.74, 6) is -0.656. The van der Waals surface area contributed by atoms with E-state index in [4.69, 9.17) is 16.1 Å². The van der Waals surface area contributed by atoms with Gasteiger partial charge in [0.25, 0.3) is 0 Å². The fourth-order valence-corrected chi connectivity index (χ4v) is 6.91. The number of halogens is 1. The molecule has 1 saturated carbocycles. The van der Waals surface area contributed by atoms with Crippen LogP contribution in [0, 0.1) is 6.92 Å². The molecule has 4 aromatic rings. The number of nitrogens with zero attached hydrogens (tertiary/aromatic N) is 1. The van der Waals surface area contributed by atoms with Crippen LogP contribution in [0.25, 0.3) is 21.6 Å². The molecule has 2 aromatic carbocycles. The van der Waals surface area contributed by atoms with Crippen LogP contribution in [-0.2, 0) is 15.6 Å². The van der Waals surface area contributed by atoms with Gasteiger partial charge >= 0.3 is 5.97 Å². The number of hydrogen-bond acceptors (Lipinski definition) is 6. The largest absolute Gasteiger partial charge is 0.478 e. The summed E-state index contributed by atoms with van der Waals surface area (Å²) in [4.78, 5) is 12.5. The molecule has 9 heteroatoms. The molecule has 0 atom stereocenters. The predicted octanol–water partition coefficient (Wildman–Crippen LogP) is 6.58. The molecule has 6 nitrogen and oxygen atoms in total. The zero-order valence-electron chi connectivity index (χ0n) is 18.1. The molecule has 0 radical (unpaired) electrons. The lowest BCUT2D eigenvalue weighted by Gasteiger charge is -2.14. The first-order valence-electron chi connectivity index (χ1n) is 10.6. The fraction of sp³-hybridized carbons (Fsp3) is 0.200. The molecule has 2 heterocycles. The smallest absolute Gasteiger partial charge is 0.335 e. The van der Waals surface area contributed by atoms with Gasteiger partial charge in [0, 0.05) is 10.4 Å². The zero-order chi connectivity index (χ0) is 24.0. The summed E-state index contributed by atoms with van der Waals surface area (Å²) in [6.45, 7) is 1.80. The van der Waals surface area contributed by atoms with Crippen LogP contribution in [0.2, 0.25) is 4.34 Å². The zero-order valence-corrected chi connectivity index (χ0v) is 20.5. The van der Waals surface area contributed by atoms with Gasteiger partial charge in [-0.15, -0.1) is 11.3 Å². The molecule has 1 aliphatic carbocycles. The Morgan fingerprint density at radius 1 is 1.15 bits per heavy atom. The maximum absolute atomic E-state index is 13.7. The van der Waals surface area contributed by atoms with Crippen LogP contribution in [0.1, 0.15) is 46.0 Å². The number of aromatic nitrogens is 1. The SMILES string of the molecule is Cc1oncc1-c1ccc(-c2ccc(Cl)s2)c(CS(=O)(=O)c2cc(C(=O)O)ccc2C2CC2)c1. The Morgan fingerprint density at radius 3 is 2.56 bits per heavy atom. The summed E-state index contributed by atoms with van der Waals surface area (Å²) in [6, 6.07) is 13.7. The van der Waals surface area contributed by atoms with Gasteiger partial charge in [-0.3, -0.25) is 0 Å². The highest BCUT2D eigenvalue weighted by atomic mass is 35.5. The summed E-state index contributed by atoms with van der Waals surface area (Å²) >= 11 is 7.53. The molecule has 1 N–H and O–H groups in total. The van der Waals surface area contributed by atoms with Gasteiger partial charge in [0.1, 0.15) is 5.76 Å². The molecule has 0 spiro atoms. The summed E-state index contributed by atoms with van der Waals surface area (Å²) < 4.78 is 33.3. The van der Waals surface area contributed by atoms with E-state index in [1.165, 1.54) is 23.5 Å². The van der Waals surface area contributed by atoms with Crippen molar-refractivity contribution in [2.24, 2.45) is 0 Å². The van der Waals surface area contributed by atoms with Crippen LogP contribution in [0.4, 0.5) is 0 Å². The van der Waals surface area contributed by atoms with Crippen LogP contribution in [0.5, 0.6) is 0 Å². The van der Waals surface area contributed by atoms with E-state index in [0.717, 1.165) is 34.4 Å². The summed E-state index contributed by atoms with van der Waals surface area (Å²) in [6.07, 6.45) is 3.40. The van der Waals surface area contributed by atoms with Crippen LogP contribution in [0.3, 0.4) is 0 Å². The third-order valence-electron chi connectivity index (χ3n) is 5.96. The predicted molar refractivity (Wildman–Crippen MR) is 131 cm³/mol. The summed E-state index contributed by atoms with van der Waals surface area (Å²) in [5, 5.41) is 13.3. The van der Waals surface area contributed by atoms with Crippen molar-refractivity contribution in [3.05, 3.63) is 81.5 Å². The van der Waals surface area contributed by atoms with Crippen LogP contribution in [0.15, 0.2) is 64.1 Å². The fourth-order valence-electron chi connectivity index (χ4n) is 4.11. The first-order chi connectivity index (χ1) is 16.2. The first kappa shape index (κ1) is 22.8. The van der Waals surface area contributed by atoms with E-state index in [9.17, 15) is 18.3 Å². The molecular formula is C25H20ClNO5S2. The van der Waals surface area contributed by atoms with Crippen LogP contribution < -0.4 is 0 Å². The number of aromatic carboxylic acids is 1. The Morgan fingerprint density at radius 2 is 1.94 bits per heavy atom. The molecule has 0 unspecified atom stereocenters.